The first-order valence-corrected chi connectivity index (χ1v) is 13.1. The van der Waals surface area contributed by atoms with Crippen molar-refractivity contribution in [2.75, 3.05) is 11.9 Å². The van der Waals surface area contributed by atoms with Crippen LogP contribution in [-0.2, 0) is 27.4 Å². The van der Waals surface area contributed by atoms with Crippen LogP contribution in [0, 0.1) is 12.7 Å². The lowest BCUT2D eigenvalue weighted by Gasteiger charge is -2.32. The summed E-state index contributed by atoms with van der Waals surface area (Å²) < 4.78 is 95.3. The minimum Gasteiger partial charge on any atom is -0.548 e. The minimum absolute atomic E-state index is 0.00609. The maximum atomic E-state index is 14.0. The van der Waals surface area contributed by atoms with Crippen LogP contribution in [0.3, 0.4) is 0 Å². The van der Waals surface area contributed by atoms with Gasteiger partial charge in [-0.25, -0.2) is 4.39 Å². The number of aromatic nitrogens is 1. The fourth-order valence-electron chi connectivity index (χ4n) is 5.20. The number of aliphatic carboxylic acids is 1. The van der Waals surface area contributed by atoms with Gasteiger partial charge in [-0.2, -0.15) is 26.3 Å². The molecule has 2 aromatic carbocycles. The molecule has 0 radical (unpaired) electrons. The molecule has 2 heterocycles. The van der Waals surface area contributed by atoms with Crippen molar-refractivity contribution in [3.63, 3.8) is 0 Å². The molecule has 1 aliphatic rings. The first-order valence-electron chi connectivity index (χ1n) is 13.1. The van der Waals surface area contributed by atoms with E-state index in [0.717, 1.165) is 4.90 Å². The maximum Gasteiger partial charge on any atom is 0.416 e. The molecule has 43 heavy (non-hydrogen) atoms. The van der Waals surface area contributed by atoms with Crippen LogP contribution < -0.4 is 15.3 Å². The monoisotopic (exact) mass is 610 g/mol. The Balaban J connectivity index is 1.81. The summed E-state index contributed by atoms with van der Waals surface area (Å²) >= 11 is 0. The first kappa shape index (κ1) is 31.9. The van der Waals surface area contributed by atoms with Crippen LogP contribution >= 0.6 is 0 Å². The van der Waals surface area contributed by atoms with E-state index in [-0.39, 0.29) is 18.2 Å². The van der Waals surface area contributed by atoms with Crippen LogP contribution in [-0.4, -0.2) is 29.9 Å². The van der Waals surface area contributed by atoms with E-state index in [9.17, 15) is 45.4 Å². The SMILES string of the molecule is Cc1cc(F)ccc1-c1cc([C@@H]2CC[C@H](C(=O)[O-])N2)ncc1N(C)C(=O)C(C)(C)c1cc(C(F)(F)F)cc(C(F)(F)F)c1. The average Bonchev–Trinajstić information content (AvgIpc) is 3.42. The van der Waals surface area contributed by atoms with Crippen molar-refractivity contribution in [3.8, 4) is 11.1 Å². The number of carbonyl (C=O) groups is 2. The molecule has 0 spiro atoms. The van der Waals surface area contributed by atoms with Crippen LogP contribution in [0.25, 0.3) is 11.1 Å². The number of halogens is 7. The first-order chi connectivity index (χ1) is 19.8. The topological polar surface area (TPSA) is 85.4 Å². The predicted molar refractivity (Wildman–Crippen MR) is 141 cm³/mol. The number of alkyl halides is 6. The Kier molecular flexibility index (Phi) is 8.35. The zero-order valence-electron chi connectivity index (χ0n) is 23.5. The highest BCUT2D eigenvalue weighted by Crippen LogP contribution is 2.41. The van der Waals surface area contributed by atoms with E-state index in [1.807, 2.05) is 0 Å². The lowest BCUT2D eigenvalue weighted by molar-refractivity contribution is -0.308. The van der Waals surface area contributed by atoms with Gasteiger partial charge < -0.3 is 20.1 Å². The number of hydrogen-bond acceptors (Lipinski definition) is 5. The summed E-state index contributed by atoms with van der Waals surface area (Å²) in [6, 6.07) is 5.15. The van der Waals surface area contributed by atoms with E-state index in [1.165, 1.54) is 45.3 Å². The Morgan fingerprint density at radius 2 is 1.49 bits per heavy atom. The normalized spacial score (nSPS) is 17.7. The van der Waals surface area contributed by atoms with Crippen LogP contribution in [0.1, 0.15) is 60.7 Å². The number of anilines is 1. The summed E-state index contributed by atoms with van der Waals surface area (Å²) in [4.78, 5) is 30.7. The van der Waals surface area contributed by atoms with E-state index >= 15 is 0 Å². The molecular formula is C30H27F7N3O3-. The van der Waals surface area contributed by atoms with Gasteiger partial charge in [0.05, 0.1) is 46.1 Å². The molecule has 4 rings (SSSR count). The van der Waals surface area contributed by atoms with Crippen molar-refractivity contribution in [1.29, 1.82) is 0 Å². The Morgan fingerprint density at radius 1 is 0.907 bits per heavy atom. The fraction of sp³-hybridized carbons (Fsp3) is 0.367. The molecule has 0 bridgehead atoms. The van der Waals surface area contributed by atoms with Crippen molar-refractivity contribution >= 4 is 17.6 Å². The van der Waals surface area contributed by atoms with Crippen LogP contribution in [0.4, 0.5) is 36.4 Å². The third-order valence-corrected chi connectivity index (χ3v) is 7.68. The summed E-state index contributed by atoms with van der Waals surface area (Å²) in [5, 5.41) is 14.2. The fourth-order valence-corrected chi connectivity index (χ4v) is 5.20. The van der Waals surface area contributed by atoms with E-state index < -0.39 is 64.2 Å². The number of hydrogen-bond donors (Lipinski definition) is 1. The number of likely N-dealkylation sites (N-methyl/N-ethyl adjacent to an activating group) is 1. The summed E-state index contributed by atoms with van der Waals surface area (Å²) in [6.07, 6.45) is -8.20. The van der Waals surface area contributed by atoms with Gasteiger partial charge in [0.1, 0.15) is 5.82 Å². The van der Waals surface area contributed by atoms with Gasteiger partial charge in [-0.15, -0.1) is 0 Å². The number of carboxylic acids is 1. The molecule has 2 atom stereocenters. The number of pyridine rings is 1. The minimum atomic E-state index is -5.10. The summed E-state index contributed by atoms with van der Waals surface area (Å²) in [5.41, 5.74) is -3.59. The Morgan fingerprint density at radius 3 is 2.00 bits per heavy atom. The number of benzene rings is 2. The van der Waals surface area contributed by atoms with Gasteiger partial charge in [-0.3, -0.25) is 9.78 Å². The van der Waals surface area contributed by atoms with Crippen LogP contribution in [0.15, 0.2) is 48.7 Å². The molecule has 1 saturated heterocycles. The van der Waals surface area contributed by atoms with Crippen molar-refractivity contribution in [1.82, 2.24) is 10.3 Å². The van der Waals surface area contributed by atoms with Gasteiger partial charge in [-0.05, 0) is 86.7 Å². The van der Waals surface area contributed by atoms with E-state index in [4.69, 9.17) is 0 Å². The lowest BCUT2D eigenvalue weighted by atomic mass is 9.81. The van der Waals surface area contributed by atoms with Gasteiger partial charge in [0.15, 0.2) is 0 Å². The van der Waals surface area contributed by atoms with E-state index in [0.29, 0.717) is 40.9 Å². The standard InChI is InChI=1S/C30H28F7N3O3/c1-15-9-19(31)5-6-20(15)21-13-24(22-7-8-23(39-22)26(41)42)38-14-25(21)40(4)27(43)28(2,3)16-10-17(29(32,33)34)12-18(11-16)30(35,36)37/h5-6,9-14,22-23,39H,7-8H2,1-4H3,(H,41,42)/p-1/t22-,23+/m0/s1. The van der Waals surface area contributed by atoms with Gasteiger partial charge in [0.25, 0.3) is 0 Å². The van der Waals surface area contributed by atoms with Gasteiger partial charge in [0.2, 0.25) is 5.91 Å². The smallest absolute Gasteiger partial charge is 0.416 e. The molecule has 1 aliphatic heterocycles. The molecule has 0 unspecified atom stereocenters. The second-order valence-corrected chi connectivity index (χ2v) is 11.0. The number of nitrogens with zero attached hydrogens (tertiary/aromatic N) is 2. The van der Waals surface area contributed by atoms with Crippen molar-refractivity contribution in [3.05, 3.63) is 82.4 Å². The van der Waals surface area contributed by atoms with E-state index in [2.05, 4.69) is 10.3 Å². The summed E-state index contributed by atoms with van der Waals surface area (Å²) in [5.74, 6) is -2.64. The Bertz CT molecular complexity index is 1540. The largest absolute Gasteiger partial charge is 0.548 e. The molecule has 1 aromatic heterocycles. The number of nitrogens with one attached hydrogen (secondary N) is 1. The molecule has 3 aromatic rings. The number of amides is 1. The third-order valence-electron chi connectivity index (χ3n) is 7.68. The van der Waals surface area contributed by atoms with Gasteiger partial charge in [0, 0.05) is 18.7 Å². The van der Waals surface area contributed by atoms with Crippen LogP contribution in [0.2, 0.25) is 0 Å². The second-order valence-electron chi connectivity index (χ2n) is 11.0. The highest BCUT2D eigenvalue weighted by Gasteiger charge is 2.41. The highest BCUT2D eigenvalue weighted by atomic mass is 19.4. The number of carboxylic acid groups (broad SMARTS) is 1. The van der Waals surface area contributed by atoms with Gasteiger partial charge in [-0.1, -0.05) is 6.07 Å². The number of aryl methyl sites for hydroxylation is 1. The zero-order chi connectivity index (χ0) is 32.1. The zero-order valence-corrected chi connectivity index (χ0v) is 23.5. The molecule has 1 fully saturated rings. The molecule has 1 amide bonds. The highest BCUT2D eigenvalue weighted by molar-refractivity contribution is 6.03. The molecule has 13 heteroatoms. The molecule has 6 nitrogen and oxygen atoms in total. The summed E-state index contributed by atoms with van der Waals surface area (Å²) in [6.45, 7) is 4.05. The van der Waals surface area contributed by atoms with Crippen molar-refractivity contribution in [2.24, 2.45) is 0 Å². The van der Waals surface area contributed by atoms with Gasteiger partial charge >= 0.3 is 12.4 Å². The van der Waals surface area contributed by atoms with Crippen molar-refractivity contribution in [2.45, 2.75) is 63.5 Å². The molecule has 1 N–H and O–H groups in total. The second kappa shape index (κ2) is 11.3. The van der Waals surface area contributed by atoms with Crippen molar-refractivity contribution < 1.29 is 45.4 Å². The number of rotatable bonds is 6. The average molecular weight is 611 g/mol. The maximum absolute atomic E-state index is 14.0. The molecule has 230 valence electrons. The molecule has 0 aliphatic carbocycles. The predicted octanol–water partition coefficient (Wildman–Crippen LogP) is 5.72. The number of carbonyl (C=O) groups excluding carboxylic acids is 2. The van der Waals surface area contributed by atoms with Crippen LogP contribution in [0.5, 0.6) is 0 Å². The third kappa shape index (κ3) is 6.51. The lowest BCUT2D eigenvalue weighted by Crippen LogP contribution is -2.42. The molecular weight excluding hydrogens is 583 g/mol. The quantitative estimate of drug-likeness (QED) is 0.361. The molecule has 0 saturated carbocycles. The Labute approximate surface area is 242 Å². The Hall–Kier alpha value is -4.00. The summed E-state index contributed by atoms with van der Waals surface area (Å²) in [7, 11) is 1.31. The van der Waals surface area contributed by atoms with E-state index in [1.54, 1.807) is 13.0 Å².